The SMILES string of the molecule is O=CC(Cl)C1(c2ccccc2F)CCCCC1. The highest BCUT2D eigenvalue weighted by atomic mass is 35.5. The zero-order chi connectivity index (χ0) is 12.3. The van der Waals surface area contributed by atoms with Crippen LogP contribution in [0.1, 0.15) is 37.7 Å². The number of halogens is 2. The molecule has 3 heteroatoms. The molecule has 1 fully saturated rings. The number of hydrogen-bond donors (Lipinski definition) is 0. The molecule has 0 N–H and O–H groups in total. The molecule has 0 radical (unpaired) electrons. The molecule has 0 bridgehead atoms. The Kier molecular flexibility index (Phi) is 3.82. The molecule has 0 spiro atoms. The predicted molar refractivity (Wildman–Crippen MR) is 66.9 cm³/mol. The van der Waals surface area contributed by atoms with Gasteiger partial charge in [-0.1, -0.05) is 37.5 Å². The highest BCUT2D eigenvalue weighted by Gasteiger charge is 2.41. The Balaban J connectivity index is 2.46. The topological polar surface area (TPSA) is 17.1 Å². The van der Waals surface area contributed by atoms with Gasteiger partial charge in [-0.15, -0.1) is 11.6 Å². The zero-order valence-electron chi connectivity index (χ0n) is 9.66. The number of alkyl halides is 1. The fourth-order valence-corrected chi connectivity index (χ4v) is 3.21. The van der Waals surface area contributed by atoms with Gasteiger partial charge in [0, 0.05) is 5.41 Å². The van der Waals surface area contributed by atoms with E-state index in [4.69, 9.17) is 11.6 Å². The van der Waals surface area contributed by atoms with Crippen molar-refractivity contribution in [3.63, 3.8) is 0 Å². The summed E-state index contributed by atoms with van der Waals surface area (Å²) in [6.45, 7) is 0. The van der Waals surface area contributed by atoms with E-state index in [2.05, 4.69) is 0 Å². The molecule has 1 unspecified atom stereocenters. The molecule has 1 aromatic rings. The van der Waals surface area contributed by atoms with Crippen molar-refractivity contribution in [3.05, 3.63) is 35.6 Å². The van der Waals surface area contributed by atoms with E-state index in [9.17, 15) is 9.18 Å². The van der Waals surface area contributed by atoms with E-state index in [1.165, 1.54) is 6.07 Å². The second-order valence-corrected chi connectivity index (χ2v) is 5.20. The van der Waals surface area contributed by atoms with Crippen LogP contribution in [0.2, 0.25) is 0 Å². The minimum Gasteiger partial charge on any atom is -0.302 e. The average molecular weight is 255 g/mol. The summed E-state index contributed by atoms with van der Waals surface area (Å²) < 4.78 is 13.9. The van der Waals surface area contributed by atoms with Crippen molar-refractivity contribution in [1.29, 1.82) is 0 Å². The smallest absolute Gasteiger partial charge is 0.138 e. The van der Waals surface area contributed by atoms with Crippen LogP contribution >= 0.6 is 11.6 Å². The number of carbonyl (C=O) groups is 1. The molecule has 0 heterocycles. The Morgan fingerprint density at radius 1 is 1.24 bits per heavy atom. The van der Waals surface area contributed by atoms with E-state index in [0.717, 1.165) is 38.4 Å². The third-order valence-corrected chi connectivity index (χ3v) is 4.32. The van der Waals surface area contributed by atoms with Crippen molar-refractivity contribution < 1.29 is 9.18 Å². The Morgan fingerprint density at radius 2 is 1.88 bits per heavy atom. The average Bonchev–Trinajstić information content (AvgIpc) is 2.39. The number of rotatable bonds is 3. The van der Waals surface area contributed by atoms with Gasteiger partial charge in [0.15, 0.2) is 0 Å². The molecule has 0 aliphatic heterocycles. The summed E-state index contributed by atoms with van der Waals surface area (Å²) in [6.07, 6.45) is 5.48. The largest absolute Gasteiger partial charge is 0.302 e. The Hall–Kier alpha value is -0.890. The van der Waals surface area contributed by atoms with Gasteiger partial charge in [0.05, 0.1) is 5.38 Å². The lowest BCUT2D eigenvalue weighted by Gasteiger charge is -2.39. The van der Waals surface area contributed by atoms with Crippen LogP contribution in [0.25, 0.3) is 0 Å². The minimum atomic E-state index is -0.639. The lowest BCUT2D eigenvalue weighted by Crippen LogP contribution is -2.40. The maximum absolute atomic E-state index is 13.9. The van der Waals surface area contributed by atoms with E-state index in [1.807, 2.05) is 6.07 Å². The predicted octanol–water partition coefficient (Wildman–Crippen LogP) is 3.83. The first-order valence-electron chi connectivity index (χ1n) is 6.05. The quantitative estimate of drug-likeness (QED) is 0.592. The van der Waals surface area contributed by atoms with Crippen LogP contribution in [-0.2, 0) is 10.2 Å². The second kappa shape index (κ2) is 5.18. The lowest BCUT2D eigenvalue weighted by atomic mass is 9.67. The standard InChI is InChI=1S/C14H16ClFO/c15-13(10-17)14(8-4-1-5-9-14)11-6-2-3-7-12(11)16/h2-3,6-7,10,13H,1,4-5,8-9H2. The Morgan fingerprint density at radius 3 is 2.47 bits per heavy atom. The van der Waals surface area contributed by atoms with Gasteiger partial charge in [0.25, 0.3) is 0 Å². The molecule has 0 saturated heterocycles. The molecule has 2 rings (SSSR count). The monoisotopic (exact) mass is 254 g/mol. The van der Waals surface area contributed by atoms with E-state index in [-0.39, 0.29) is 5.82 Å². The summed E-state index contributed by atoms with van der Waals surface area (Å²) in [6, 6.07) is 6.68. The van der Waals surface area contributed by atoms with Crippen molar-refractivity contribution in [3.8, 4) is 0 Å². The van der Waals surface area contributed by atoms with E-state index >= 15 is 0 Å². The molecular weight excluding hydrogens is 239 g/mol. The van der Waals surface area contributed by atoms with E-state index in [1.54, 1.807) is 12.1 Å². The third-order valence-electron chi connectivity index (χ3n) is 3.80. The van der Waals surface area contributed by atoms with Crippen LogP contribution in [0, 0.1) is 5.82 Å². The van der Waals surface area contributed by atoms with Gasteiger partial charge in [0.2, 0.25) is 0 Å². The van der Waals surface area contributed by atoms with Crippen LogP contribution in [0.3, 0.4) is 0 Å². The van der Waals surface area contributed by atoms with Crippen LogP contribution in [0.15, 0.2) is 24.3 Å². The van der Waals surface area contributed by atoms with Gasteiger partial charge >= 0.3 is 0 Å². The number of aldehydes is 1. The summed E-state index contributed by atoms with van der Waals surface area (Å²) in [5.41, 5.74) is 0.0965. The van der Waals surface area contributed by atoms with Crippen LogP contribution in [0.5, 0.6) is 0 Å². The third kappa shape index (κ3) is 2.23. The van der Waals surface area contributed by atoms with Crippen molar-refractivity contribution >= 4 is 17.9 Å². The van der Waals surface area contributed by atoms with Crippen LogP contribution in [0.4, 0.5) is 4.39 Å². The maximum atomic E-state index is 13.9. The zero-order valence-corrected chi connectivity index (χ0v) is 10.4. The molecule has 1 saturated carbocycles. The summed E-state index contributed by atoms with van der Waals surface area (Å²) >= 11 is 6.17. The molecular formula is C14H16ClFO. The number of carbonyl (C=O) groups excluding carboxylic acids is 1. The van der Waals surface area contributed by atoms with Crippen molar-refractivity contribution in [2.75, 3.05) is 0 Å². The second-order valence-electron chi connectivity index (χ2n) is 4.73. The van der Waals surface area contributed by atoms with Gasteiger partial charge in [0.1, 0.15) is 12.1 Å². The minimum absolute atomic E-state index is 0.248. The van der Waals surface area contributed by atoms with Crippen molar-refractivity contribution in [2.45, 2.75) is 42.9 Å². The van der Waals surface area contributed by atoms with Crippen molar-refractivity contribution in [2.24, 2.45) is 0 Å². The fraction of sp³-hybridized carbons (Fsp3) is 0.500. The molecule has 0 aromatic heterocycles. The molecule has 92 valence electrons. The first-order valence-corrected chi connectivity index (χ1v) is 6.49. The number of hydrogen-bond acceptors (Lipinski definition) is 1. The highest BCUT2D eigenvalue weighted by Crippen LogP contribution is 2.44. The first-order chi connectivity index (χ1) is 8.20. The van der Waals surface area contributed by atoms with E-state index < -0.39 is 10.8 Å². The van der Waals surface area contributed by atoms with Gasteiger partial charge in [-0.25, -0.2) is 4.39 Å². The summed E-state index contributed by atoms with van der Waals surface area (Å²) in [5.74, 6) is -0.248. The molecule has 0 amide bonds. The molecule has 17 heavy (non-hydrogen) atoms. The maximum Gasteiger partial charge on any atom is 0.138 e. The van der Waals surface area contributed by atoms with Crippen LogP contribution in [-0.4, -0.2) is 11.7 Å². The molecule has 1 nitrogen and oxygen atoms in total. The fourth-order valence-electron chi connectivity index (χ4n) is 2.87. The highest BCUT2D eigenvalue weighted by molar-refractivity contribution is 6.28. The summed E-state index contributed by atoms with van der Waals surface area (Å²) in [7, 11) is 0. The summed E-state index contributed by atoms with van der Waals surface area (Å²) in [5, 5.41) is -0.639. The van der Waals surface area contributed by atoms with Crippen LogP contribution < -0.4 is 0 Å². The first kappa shape index (κ1) is 12.6. The lowest BCUT2D eigenvalue weighted by molar-refractivity contribution is -0.108. The van der Waals surface area contributed by atoms with Gasteiger partial charge in [-0.2, -0.15) is 0 Å². The van der Waals surface area contributed by atoms with Gasteiger partial charge < -0.3 is 4.79 Å². The number of benzene rings is 1. The molecule has 1 atom stereocenters. The molecule has 1 aliphatic rings. The Labute approximate surface area is 106 Å². The normalized spacial score (nSPS) is 20.8. The van der Waals surface area contributed by atoms with E-state index in [0.29, 0.717) is 5.56 Å². The summed E-state index contributed by atoms with van der Waals surface area (Å²) in [4.78, 5) is 11.0. The molecule has 1 aliphatic carbocycles. The molecule has 1 aromatic carbocycles. The van der Waals surface area contributed by atoms with Crippen molar-refractivity contribution in [1.82, 2.24) is 0 Å². The Bertz CT molecular complexity index is 399. The van der Waals surface area contributed by atoms with Gasteiger partial charge in [-0.05, 0) is 24.5 Å². The van der Waals surface area contributed by atoms with Gasteiger partial charge in [-0.3, -0.25) is 0 Å².